The highest BCUT2D eigenvalue weighted by molar-refractivity contribution is 5.97. The minimum absolute atomic E-state index is 0.573. The van der Waals surface area contributed by atoms with Crippen molar-refractivity contribution >= 4 is 22.6 Å². The Morgan fingerprint density at radius 2 is 2.12 bits per heavy atom. The second-order valence-corrected chi connectivity index (χ2v) is 6.28. The monoisotopic (exact) mass is 317 g/mol. The van der Waals surface area contributed by atoms with Crippen molar-refractivity contribution in [3.8, 4) is 6.07 Å². The minimum Gasteiger partial charge on any atom is -0.358 e. The van der Waals surface area contributed by atoms with Gasteiger partial charge >= 0.3 is 0 Å². The van der Waals surface area contributed by atoms with E-state index >= 15 is 0 Å². The number of para-hydroxylation sites is 1. The summed E-state index contributed by atoms with van der Waals surface area (Å²) in [5.41, 5.74) is 3.76. The number of nitriles is 1. The van der Waals surface area contributed by atoms with Gasteiger partial charge in [0.2, 0.25) is 0 Å². The Balaban J connectivity index is 1.84. The van der Waals surface area contributed by atoms with E-state index in [0.717, 1.165) is 53.8 Å². The molecule has 24 heavy (non-hydrogen) atoms. The van der Waals surface area contributed by atoms with Crippen LogP contribution >= 0.6 is 0 Å². The molecule has 0 spiro atoms. The zero-order valence-corrected chi connectivity index (χ0v) is 13.7. The summed E-state index contributed by atoms with van der Waals surface area (Å²) in [6.45, 7) is 2.93. The minimum atomic E-state index is 0.573. The lowest BCUT2D eigenvalue weighted by Crippen LogP contribution is -2.05. The average Bonchev–Trinajstić information content (AvgIpc) is 3.04. The Hall–Kier alpha value is -2.87. The number of fused-ring (bicyclic) bond motifs is 2. The van der Waals surface area contributed by atoms with Crippen LogP contribution in [0.2, 0.25) is 0 Å². The lowest BCUT2D eigenvalue weighted by atomic mass is 10.1. The van der Waals surface area contributed by atoms with Crippen molar-refractivity contribution in [1.29, 1.82) is 5.26 Å². The third-order valence-electron chi connectivity index (χ3n) is 4.70. The zero-order chi connectivity index (χ0) is 16.5. The van der Waals surface area contributed by atoms with E-state index in [4.69, 9.17) is 0 Å². The number of hydrogen-bond donors (Lipinski definition) is 1. The van der Waals surface area contributed by atoms with Crippen molar-refractivity contribution in [2.75, 3.05) is 0 Å². The van der Waals surface area contributed by atoms with Gasteiger partial charge in [0.1, 0.15) is 11.9 Å². The highest BCUT2D eigenvalue weighted by atomic mass is 15.3. The smallest absolute Gasteiger partial charge is 0.174 e. The topological polar surface area (TPSA) is 70.3 Å². The van der Waals surface area contributed by atoms with E-state index in [-0.39, 0.29) is 0 Å². The van der Waals surface area contributed by atoms with Crippen molar-refractivity contribution < 1.29 is 0 Å². The van der Waals surface area contributed by atoms with Crippen LogP contribution in [0, 0.1) is 18.3 Å². The Morgan fingerprint density at radius 1 is 1.25 bits per heavy atom. The molecule has 5 heteroatoms. The zero-order valence-electron chi connectivity index (χ0n) is 13.7. The maximum absolute atomic E-state index is 9.72. The number of rotatable bonds is 2. The highest BCUT2D eigenvalue weighted by Crippen LogP contribution is 2.27. The van der Waals surface area contributed by atoms with Crippen LogP contribution in [0.3, 0.4) is 0 Å². The SMILES string of the molecule is Cc1[nH]c2ccccc2c1C=C(C#N)c1nnc2n1CCCCC2. The molecular formula is C19H19N5. The molecule has 120 valence electrons. The van der Waals surface area contributed by atoms with Crippen LogP contribution in [-0.2, 0) is 13.0 Å². The van der Waals surface area contributed by atoms with Gasteiger partial charge in [0, 0.05) is 35.1 Å². The Kier molecular flexibility index (Phi) is 3.66. The fraction of sp³-hybridized carbons (Fsp3) is 0.316. The average molecular weight is 317 g/mol. The first-order valence-corrected chi connectivity index (χ1v) is 8.39. The van der Waals surface area contributed by atoms with E-state index in [1.54, 1.807) is 0 Å². The summed E-state index contributed by atoms with van der Waals surface area (Å²) in [6.07, 6.45) is 6.35. The van der Waals surface area contributed by atoms with Crippen LogP contribution in [0.15, 0.2) is 24.3 Å². The summed E-state index contributed by atoms with van der Waals surface area (Å²) in [4.78, 5) is 3.38. The summed E-state index contributed by atoms with van der Waals surface area (Å²) >= 11 is 0. The largest absolute Gasteiger partial charge is 0.358 e. The van der Waals surface area contributed by atoms with Crippen molar-refractivity contribution in [3.63, 3.8) is 0 Å². The van der Waals surface area contributed by atoms with Crippen LogP contribution in [0.4, 0.5) is 0 Å². The molecule has 5 nitrogen and oxygen atoms in total. The van der Waals surface area contributed by atoms with E-state index in [9.17, 15) is 5.26 Å². The van der Waals surface area contributed by atoms with E-state index in [0.29, 0.717) is 11.4 Å². The second-order valence-electron chi connectivity index (χ2n) is 6.28. The van der Waals surface area contributed by atoms with Gasteiger partial charge in [-0.1, -0.05) is 24.6 Å². The Labute approximate surface area is 140 Å². The van der Waals surface area contributed by atoms with E-state index in [1.165, 1.54) is 6.42 Å². The lowest BCUT2D eigenvalue weighted by molar-refractivity contribution is 0.627. The van der Waals surface area contributed by atoms with Gasteiger partial charge in [-0.2, -0.15) is 5.26 Å². The van der Waals surface area contributed by atoms with Crippen LogP contribution < -0.4 is 0 Å². The molecule has 0 saturated carbocycles. The molecule has 0 bridgehead atoms. The second kappa shape index (κ2) is 5.97. The first-order chi connectivity index (χ1) is 11.8. The van der Waals surface area contributed by atoms with E-state index < -0.39 is 0 Å². The molecule has 0 atom stereocenters. The number of nitrogens with zero attached hydrogens (tertiary/aromatic N) is 4. The van der Waals surface area contributed by atoms with Crippen LogP contribution in [0.1, 0.15) is 42.2 Å². The normalized spacial score (nSPS) is 15.1. The predicted octanol–water partition coefficient (Wildman–Crippen LogP) is 3.86. The number of hydrogen-bond acceptors (Lipinski definition) is 3. The molecule has 1 aromatic carbocycles. The molecule has 0 aliphatic carbocycles. The van der Waals surface area contributed by atoms with Crippen molar-refractivity contribution in [2.24, 2.45) is 0 Å². The number of aromatic nitrogens is 4. The third-order valence-corrected chi connectivity index (χ3v) is 4.70. The van der Waals surface area contributed by atoms with Gasteiger partial charge in [-0.3, -0.25) is 0 Å². The number of H-pyrrole nitrogens is 1. The van der Waals surface area contributed by atoms with Gasteiger partial charge in [0.15, 0.2) is 5.82 Å². The predicted molar refractivity (Wildman–Crippen MR) is 94.1 cm³/mol. The molecule has 0 fully saturated rings. The summed E-state index contributed by atoms with van der Waals surface area (Å²) in [7, 11) is 0. The van der Waals surface area contributed by atoms with Gasteiger partial charge in [0.05, 0.1) is 5.57 Å². The summed E-state index contributed by atoms with van der Waals surface area (Å²) in [5, 5.41) is 19.5. The quantitative estimate of drug-likeness (QED) is 0.730. The van der Waals surface area contributed by atoms with Crippen LogP contribution in [-0.4, -0.2) is 19.7 Å². The summed E-state index contributed by atoms with van der Waals surface area (Å²) in [5.74, 6) is 1.69. The number of aryl methyl sites for hydroxylation is 2. The first kappa shape index (κ1) is 14.7. The molecule has 1 aliphatic heterocycles. The molecule has 1 aliphatic rings. The molecule has 3 aromatic rings. The number of allylic oxidation sites excluding steroid dienone is 1. The molecule has 4 rings (SSSR count). The molecule has 1 N–H and O–H groups in total. The fourth-order valence-corrected chi connectivity index (χ4v) is 3.46. The van der Waals surface area contributed by atoms with Crippen molar-refractivity contribution in [3.05, 3.63) is 47.2 Å². The standard InChI is InChI=1S/C19H19N5/c1-13-16(15-7-4-5-8-17(15)21-13)11-14(12-20)19-23-22-18-9-3-2-6-10-24(18)19/h4-5,7-8,11,21H,2-3,6,9-10H2,1H3. The molecule has 0 unspecified atom stereocenters. The van der Waals surface area contributed by atoms with E-state index in [2.05, 4.69) is 38.0 Å². The highest BCUT2D eigenvalue weighted by Gasteiger charge is 2.18. The first-order valence-electron chi connectivity index (χ1n) is 8.39. The molecular weight excluding hydrogens is 298 g/mol. The Morgan fingerprint density at radius 3 is 3.00 bits per heavy atom. The molecule has 0 radical (unpaired) electrons. The van der Waals surface area contributed by atoms with Gasteiger partial charge in [-0.05, 0) is 31.9 Å². The lowest BCUT2D eigenvalue weighted by Gasteiger charge is -2.06. The molecule has 3 heterocycles. The summed E-state index contributed by atoms with van der Waals surface area (Å²) in [6, 6.07) is 10.5. The van der Waals surface area contributed by atoms with Gasteiger partial charge in [-0.25, -0.2) is 0 Å². The maximum atomic E-state index is 9.72. The third kappa shape index (κ3) is 2.41. The van der Waals surface area contributed by atoms with Crippen molar-refractivity contribution in [1.82, 2.24) is 19.7 Å². The molecule has 0 amide bonds. The molecule has 2 aromatic heterocycles. The van der Waals surface area contributed by atoms with Gasteiger partial charge in [-0.15, -0.1) is 10.2 Å². The number of aromatic amines is 1. The number of benzene rings is 1. The number of nitrogens with one attached hydrogen (secondary N) is 1. The summed E-state index contributed by atoms with van der Waals surface area (Å²) < 4.78 is 2.12. The molecule has 0 saturated heterocycles. The van der Waals surface area contributed by atoms with Crippen LogP contribution in [0.5, 0.6) is 0 Å². The maximum Gasteiger partial charge on any atom is 0.174 e. The Bertz CT molecular complexity index is 967. The van der Waals surface area contributed by atoms with Gasteiger partial charge in [0.25, 0.3) is 0 Å². The van der Waals surface area contributed by atoms with Gasteiger partial charge < -0.3 is 9.55 Å². The fourth-order valence-electron chi connectivity index (χ4n) is 3.46. The van der Waals surface area contributed by atoms with Crippen molar-refractivity contribution in [2.45, 2.75) is 39.2 Å². The van der Waals surface area contributed by atoms with E-state index in [1.807, 2.05) is 25.1 Å². The van der Waals surface area contributed by atoms with Crippen LogP contribution in [0.25, 0.3) is 22.6 Å².